The third-order valence-corrected chi connectivity index (χ3v) is 6.36. The van der Waals surface area contributed by atoms with Crippen molar-refractivity contribution in [1.29, 1.82) is 0 Å². The highest BCUT2D eigenvalue weighted by Gasteiger charge is 2.18. The molecular weight excluding hydrogens is 424 g/mol. The van der Waals surface area contributed by atoms with Crippen molar-refractivity contribution in [2.75, 3.05) is 20.3 Å². The van der Waals surface area contributed by atoms with Gasteiger partial charge in [0.25, 0.3) is 5.91 Å². The lowest BCUT2D eigenvalue weighted by molar-refractivity contribution is -0.140. The van der Waals surface area contributed by atoms with Crippen LogP contribution in [0.2, 0.25) is 4.34 Å². The largest absolute Gasteiger partial charge is 0.486 e. The molecule has 2 aromatic heterocycles. The van der Waals surface area contributed by atoms with Gasteiger partial charge in [-0.3, -0.25) is 9.59 Å². The van der Waals surface area contributed by atoms with Crippen LogP contribution < -0.4 is 14.3 Å². The van der Waals surface area contributed by atoms with Gasteiger partial charge in [-0.25, -0.2) is 0 Å². The molecule has 3 aromatic rings. The number of ether oxygens (including phenoxy) is 3. The van der Waals surface area contributed by atoms with Gasteiger partial charge in [-0.2, -0.15) is 4.99 Å². The number of rotatable bonds is 4. The van der Waals surface area contributed by atoms with Crippen LogP contribution in [-0.2, 0) is 16.1 Å². The minimum absolute atomic E-state index is 0.156. The second-order valence-corrected chi connectivity index (χ2v) is 8.57. The summed E-state index contributed by atoms with van der Waals surface area (Å²) in [6.07, 6.45) is 0.156. The molecule has 1 aromatic carbocycles. The molecule has 28 heavy (non-hydrogen) atoms. The molecule has 0 saturated heterocycles. The summed E-state index contributed by atoms with van der Waals surface area (Å²) in [5, 5.41) is 0. The smallest absolute Gasteiger partial charge is 0.307 e. The van der Waals surface area contributed by atoms with Crippen LogP contribution in [0.1, 0.15) is 16.1 Å². The number of thiophene rings is 1. The lowest BCUT2D eigenvalue weighted by atomic mass is 10.2. The van der Waals surface area contributed by atoms with Gasteiger partial charge in [0.1, 0.15) is 13.2 Å². The summed E-state index contributed by atoms with van der Waals surface area (Å²) in [6.45, 7) is 1.28. The normalized spacial score (nSPS) is 13.7. The van der Waals surface area contributed by atoms with E-state index in [2.05, 4.69) is 4.99 Å². The van der Waals surface area contributed by atoms with Crippen molar-refractivity contribution >= 4 is 56.4 Å². The van der Waals surface area contributed by atoms with Crippen molar-refractivity contribution in [3.05, 3.63) is 38.3 Å². The van der Waals surface area contributed by atoms with Gasteiger partial charge in [0.2, 0.25) is 0 Å². The van der Waals surface area contributed by atoms with E-state index < -0.39 is 0 Å². The summed E-state index contributed by atoms with van der Waals surface area (Å²) < 4.78 is 19.3. The molecule has 1 aliphatic heterocycles. The van der Waals surface area contributed by atoms with E-state index >= 15 is 0 Å². The number of aromatic nitrogens is 1. The monoisotopic (exact) mass is 438 g/mol. The van der Waals surface area contributed by atoms with E-state index in [0.29, 0.717) is 45.3 Å². The molecule has 1 aliphatic rings. The predicted octanol–water partition coefficient (Wildman–Crippen LogP) is 3.49. The van der Waals surface area contributed by atoms with Gasteiger partial charge in [-0.05, 0) is 12.1 Å². The zero-order valence-electron chi connectivity index (χ0n) is 14.8. The van der Waals surface area contributed by atoms with Crippen LogP contribution in [0.3, 0.4) is 0 Å². The third-order valence-electron chi connectivity index (χ3n) is 4.10. The maximum Gasteiger partial charge on any atom is 0.307 e. The van der Waals surface area contributed by atoms with Crippen LogP contribution in [-0.4, -0.2) is 36.8 Å². The Morgan fingerprint density at radius 1 is 1.21 bits per heavy atom. The van der Waals surface area contributed by atoms with Gasteiger partial charge < -0.3 is 18.8 Å². The molecule has 146 valence electrons. The number of nitrogens with zero attached hydrogens (tertiary/aromatic N) is 2. The summed E-state index contributed by atoms with van der Waals surface area (Å²) in [6, 6.07) is 7.02. The maximum atomic E-state index is 12.5. The minimum Gasteiger partial charge on any atom is -0.486 e. The number of methoxy groups -OCH3 is 1. The van der Waals surface area contributed by atoms with E-state index in [-0.39, 0.29) is 18.3 Å². The number of hydrogen-bond acceptors (Lipinski definition) is 7. The number of carbonyl (C=O) groups is 2. The van der Waals surface area contributed by atoms with Crippen molar-refractivity contribution < 1.29 is 23.8 Å². The van der Waals surface area contributed by atoms with E-state index in [9.17, 15) is 9.59 Å². The summed E-state index contributed by atoms with van der Waals surface area (Å²) >= 11 is 8.44. The first-order valence-electron chi connectivity index (χ1n) is 8.39. The van der Waals surface area contributed by atoms with Crippen LogP contribution in [0.15, 0.2) is 29.3 Å². The molecule has 0 fully saturated rings. The molecule has 0 bridgehead atoms. The molecule has 0 radical (unpaired) electrons. The quantitative estimate of drug-likeness (QED) is 0.582. The van der Waals surface area contributed by atoms with Crippen molar-refractivity contribution in [3.63, 3.8) is 0 Å². The molecule has 7 nitrogen and oxygen atoms in total. The number of carbonyl (C=O) groups excluding carboxylic acids is 2. The molecule has 0 saturated carbocycles. The molecule has 0 atom stereocenters. The van der Waals surface area contributed by atoms with Crippen molar-refractivity contribution in [2.24, 2.45) is 4.99 Å². The van der Waals surface area contributed by atoms with Gasteiger partial charge in [0.05, 0.1) is 33.0 Å². The standard InChI is InChI=1S/C18H15ClN2O5S2/c1-24-16(22)4-5-21-10-8-11-12(26-7-6-25-11)9-14(10)28-18(21)20-17(23)13-2-3-15(19)27-13/h2-3,8-9H,4-7H2,1H3. The summed E-state index contributed by atoms with van der Waals surface area (Å²) in [5.74, 6) is 0.563. The summed E-state index contributed by atoms with van der Waals surface area (Å²) in [5.41, 5.74) is 0.814. The first-order chi connectivity index (χ1) is 13.5. The highest BCUT2D eigenvalue weighted by Crippen LogP contribution is 2.35. The maximum absolute atomic E-state index is 12.5. The van der Waals surface area contributed by atoms with Crippen molar-refractivity contribution in [2.45, 2.75) is 13.0 Å². The number of hydrogen-bond donors (Lipinski definition) is 0. The molecule has 10 heteroatoms. The average molecular weight is 439 g/mol. The zero-order valence-corrected chi connectivity index (χ0v) is 17.2. The highest BCUT2D eigenvalue weighted by atomic mass is 35.5. The third kappa shape index (κ3) is 3.78. The number of aryl methyl sites for hydroxylation is 1. The van der Waals surface area contributed by atoms with E-state index in [1.807, 2.05) is 16.7 Å². The second kappa shape index (κ2) is 7.94. The van der Waals surface area contributed by atoms with Crippen LogP contribution in [0.4, 0.5) is 0 Å². The fraction of sp³-hybridized carbons (Fsp3) is 0.278. The summed E-state index contributed by atoms with van der Waals surface area (Å²) in [7, 11) is 1.34. The first kappa shape index (κ1) is 19.0. The number of halogens is 1. The lowest BCUT2D eigenvalue weighted by Crippen LogP contribution is -2.19. The lowest BCUT2D eigenvalue weighted by Gasteiger charge is -2.18. The molecule has 3 heterocycles. The Balaban J connectivity index is 1.82. The molecule has 0 N–H and O–H groups in total. The molecule has 4 rings (SSSR count). The van der Waals surface area contributed by atoms with Crippen LogP contribution in [0, 0.1) is 0 Å². The molecule has 0 spiro atoms. The van der Waals surface area contributed by atoms with Crippen LogP contribution in [0.25, 0.3) is 10.2 Å². The highest BCUT2D eigenvalue weighted by molar-refractivity contribution is 7.18. The fourth-order valence-corrected chi connectivity index (χ4v) is 4.78. The molecule has 1 amide bonds. The molecular formula is C18H15ClN2O5S2. The predicted molar refractivity (Wildman–Crippen MR) is 107 cm³/mol. The Bertz CT molecular complexity index is 1130. The van der Waals surface area contributed by atoms with Gasteiger partial charge in [0.15, 0.2) is 16.3 Å². The van der Waals surface area contributed by atoms with Crippen LogP contribution >= 0.6 is 34.3 Å². The van der Waals surface area contributed by atoms with Crippen molar-refractivity contribution in [1.82, 2.24) is 4.57 Å². The fourth-order valence-electron chi connectivity index (χ4n) is 2.78. The Hall–Kier alpha value is -2.36. The molecule has 0 aliphatic carbocycles. The van der Waals surface area contributed by atoms with Gasteiger partial charge in [-0.1, -0.05) is 22.9 Å². The number of esters is 1. The number of thiazole rings is 1. The van der Waals surface area contributed by atoms with Gasteiger partial charge >= 0.3 is 5.97 Å². The SMILES string of the molecule is COC(=O)CCn1c(=NC(=O)c2ccc(Cl)s2)sc2cc3c(cc21)OCCO3. The minimum atomic E-state index is -0.382. The van der Waals surface area contributed by atoms with E-state index in [4.69, 9.17) is 25.8 Å². The van der Waals surface area contributed by atoms with Gasteiger partial charge in [0, 0.05) is 18.7 Å². The van der Waals surface area contributed by atoms with Crippen molar-refractivity contribution in [3.8, 4) is 11.5 Å². The number of amides is 1. The van der Waals surface area contributed by atoms with E-state index in [1.165, 1.54) is 29.8 Å². The second-order valence-electron chi connectivity index (χ2n) is 5.85. The first-order valence-corrected chi connectivity index (χ1v) is 10.4. The van der Waals surface area contributed by atoms with Crippen LogP contribution in [0.5, 0.6) is 11.5 Å². The molecule has 0 unspecified atom stereocenters. The Morgan fingerprint density at radius 2 is 1.96 bits per heavy atom. The average Bonchev–Trinajstić information content (AvgIpc) is 3.27. The zero-order chi connectivity index (χ0) is 19.7. The number of benzene rings is 1. The Labute approximate surface area is 172 Å². The van der Waals surface area contributed by atoms with E-state index in [0.717, 1.165) is 10.2 Å². The van der Waals surface area contributed by atoms with E-state index in [1.54, 1.807) is 12.1 Å². The summed E-state index contributed by atoms with van der Waals surface area (Å²) in [4.78, 5) is 29.4. The Kier molecular flexibility index (Phi) is 5.38. The topological polar surface area (TPSA) is 79.1 Å². The Morgan fingerprint density at radius 3 is 2.64 bits per heavy atom. The van der Waals surface area contributed by atoms with Gasteiger partial charge in [-0.15, -0.1) is 11.3 Å². The number of fused-ring (bicyclic) bond motifs is 2.